The van der Waals surface area contributed by atoms with Gasteiger partial charge in [0.2, 0.25) is 0 Å². The van der Waals surface area contributed by atoms with E-state index in [1.807, 2.05) is 36.6 Å². The SMILES string of the molecule is COC(=O)c1cccc2c1c(-c1ccc(SC)cc1)cn2C(=O)N(C)C. The molecule has 0 unspecified atom stereocenters. The maximum absolute atomic E-state index is 12.6. The molecule has 0 fully saturated rings. The van der Waals surface area contributed by atoms with Gasteiger partial charge in [-0.1, -0.05) is 18.2 Å². The van der Waals surface area contributed by atoms with E-state index in [1.165, 1.54) is 12.0 Å². The summed E-state index contributed by atoms with van der Waals surface area (Å²) >= 11 is 1.66. The number of amides is 1. The number of carbonyl (C=O) groups excluding carboxylic acids is 2. The fraction of sp³-hybridized carbons (Fsp3) is 0.200. The van der Waals surface area contributed by atoms with Crippen molar-refractivity contribution in [2.75, 3.05) is 27.5 Å². The van der Waals surface area contributed by atoms with E-state index in [1.54, 1.807) is 48.8 Å². The summed E-state index contributed by atoms with van der Waals surface area (Å²) in [5.74, 6) is -0.423. The maximum atomic E-state index is 12.6. The topological polar surface area (TPSA) is 51.5 Å². The molecular weight excluding hydrogens is 348 g/mol. The van der Waals surface area contributed by atoms with Crippen molar-refractivity contribution in [3.8, 4) is 11.1 Å². The van der Waals surface area contributed by atoms with Gasteiger partial charge in [0.25, 0.3) is 0 Å². The monoisotopic (exact) mass is 368 g/mol. The highest BCUT2D eigenvalue weighted by molar-refractivity contribution is 7.98. The summed E-state index contributed by atoms with van der Waals surface area (Å²) in [7, 11) is 4.76. The van der Waals surface area contributed by atoms with Crippen LogP contribution < -0.4 is 0 Å². The minimum atomic E-state index is -0.423. The molecule has 0 spiro atoms. The average Bonchev–Trinajstić information content (AvgIpc) is 3.06. The Morgan fingerprint density at radius 3 is 2.35 bits per heavy atom. The Balaban J connectivity index is 2.32. The van der Waals surface area contributed by atoms with Crippen LogP contribution in [-0.4, -0.2) is 48.9 Å². The van der Waals surface area contributed by atoms with E-state index in [2.05, 4.69) is 0 Å². The van der Waals surface area contributed by atoms with Gasteiger partial charge < -0.3 is 9.64 Å². The maximum Gasteiger partial charge on any atom is 0.338 e. The Morgan fingerprint density at radius 1 is 1.08 bits per heavy atom. The van der Waals surface area contributed by atoms with Crippen LogP contribution in [0, 0.1) is 0 Å². The zero-order valence-corrected chi connectivity index (χ0v) is 16.0. The molecule has 26 heavy (non-hydrogen) atoms. The molecule has 1 aromatic heterocycles. The van der Waals surface area contributed by atoms with Gasteiger partial charge in [-0.25, -0.2) is 9.59 Å². The van der Waals surface area contributed by atoms with Crippen LogP contribution in [0.5, 0.6) is 0 Å². The van der Waals surface area contributed by atoms with Gasteiger partial charge in [-0.15, -0.1) is 11.8 Å². The first kappa shape index (κ1) is 18.1. The van der Waals surface area contributed by atoms with E-state index in [-0.39, 0.29) is 6.03 Å². The van der Waals surface area contributed by atoms with Crippen LogP contribution >= 0.6 is 11.8 Å². The molecule has 6 heteroatoms. The van der Waals surface area contributed by atoms with Gasteiger partial charge in [0, 0.05) is 36.1 Å². The number of aromatic nitrogens is 1. The Hall–Kier alpha value is -2.73. The molecule has 0 saturated carbocycles. The van der Waals surface area contributed by atoms with Crippen molar-refractivity contribution >= 4 is 34.7 Å². The highest BCUT2D eigenvalue weighted by Crippen LogP contribution is 2.34. The fourth-order valence-electron chi connectivity index (χ4n) is 2.93. The van der Waals surface area contributed by atoms with Crippen molar-refractivity contribution in [1.82, 2.24) is 9.47 Å². The van der Waals surface area contributed by atoms with E-state index in [4.69, 9.17) is 4.74 Å². The van der Waals surface area contributed by atoms with E-state index >= 15 is 0 Å². The molecule has 1 amide bonds. The van der Waals surface area contributed by atoms with Crippen molar-refractivity contribution in [3.63, 3.8) is 0 Å². The summed E-state index contributed by atoms with van der Waals surface area (Å²) in [6, 6.07) is 13.2. The first-order valence-electron chi connectivity index (χ1n) is 8.06. The second kappa shape index (κ2) is 7.25. The third kappa shape index (κ3) is 3.08. The van der Waals surface area contributed by atoms with Crippen molar-refractivity contribution in [2.24, 2.45) is 0 Å². The molecule has 0 aliphatic carbocycles. The molecule has 1 heterocycles. The standard InChI is InChI=1S/C20H20N2O3S/c1-21(2)20(24)22-12-16(13-8-10-14(26-4)11-9-13)18-15(19(23)25-3)6-5-7-17(18)22/h5-12H,1-4H3. The number of ether oxygens (including phenoxy) is 1. The Morgan fingerprint density at radius 2 is 1.77 bits per heavy atom. The number of esters is 1. The van der Waals surface area contributed by atoms with Crippen molar-refractivity contribution in [2.45, 2.75) is 4.90 Å². The normalized spacial score (nSPS) is 10.8. The molecule has 0 N–H and O–H groups in total. The molecule has 3 rings (SSSR count). The van der Waals surface area contributed by atoms with Gasteiger partial charge >= 0.3 is 12.0 Å². The number of thioether (sulfide) groups is 1. The van der Waals surface area contributed by atoms with Gasteiger partial charge in [-0.05, 0) is 36.1 Å². The van der Waals surface area contributed by atoms with Gasteiger partial charge in [0.05, 0.1) is 18.2 Å². The molecule has 0 aliphatic heterocycles. The van der Waals surface area contributed by atoms with E-state index < -0.39 is 5.97 Å². The van der Waals surface area contributed by atoms with Crippen LogP contribution in [0.2, 0.25) is 0 Å². The molecular formula is C20H20N2O3S. The second-order valence-corrected chi connectivity index (χ2v) is 6.89. The number of benzene rings is 2. The second-order valence-electron chi connectivity index (χ2n) is 6.01. The van der Waals surface area contributed by atoms with Crippen molar-refractivity contribution in [3.05, 3.63) is 54.2 Å². The van der Waals surface area contributed by atoms with Crippen LogP contribution in [0.1, 0.15) is 10.4 Å². The van der Waals surface area contributed by atoms with Gasteiger partial charge in [-0.3, -0.25) is 4.57 Å². The van der Waals surface area contributed by atoms with Crippen LogP contribution in [0.3, 0.4) is 0 Å². The van der Waals surface area contributed by atoms with Gasteiger partial charge in [-0.2, -0.15) is 0 Å². The fourth-order valence-corrected chi connectivity index (χ4v) is 3.34. The number of fused-ring (bicyclic) bond motifs is 1. The lowest BCUT2D eigenvalue weighted by molar-refractivity contribution is 0.0603. The molecule has 0 bridgehead atoms. The molecule has 0 atom stereocenters. The summed E-state index contributed by atoms with van der Waals surface area (Å²) in [6.45, 7) is 0. The quantitative estimate of drug-likeness (QED) is 0.509. The smallest absolute Gasteiger partial charge is 0.338 e. The minimum Gasteiger partial charge on any atom is -0.465 e. The van der Waals surface area contributed by atoms with E-state index in [9.17, 15) is 9.59 Å². The number of hydrogen-bond acceptors (Lipinski definition) is 4. The van der Waals surface area contributed by atoms with E-state index in [0.29, 0.717) is 16.5 Å². The van der Waals surface area contributed by atoms with Gasteiger partial charge in [0.1, 0.15) is 0 Å². The summed E-state index contributed by atoms with van der Waals surface area (Å²) in [6.07, 6.45) is 3.81. The largest absolute Gasteiger partial charge is 0.465 e. The van der Waals surface area contributed by atoms with Crippen LogP contribution in [0.4, 0.5) is 4.79 Å². The lowest BCUT2D eigenvalue weighted by atomic mass is 10.0. The third-order valence-corrected chi connectivity index (χ3v) is 4.97. The molecule has 0 saturated heterocycles. The predicted octanol–water partition coefficient (Wildman–Crippen LogP) is 4.35. The van der Waals surface area contributed by atoms with Crippen molar-refractivity contribution < 1.29 is 14.3 Å². The molecule has 0 aliphatic rings. The lowest BCUT2D eigenvalue weighted by Gasteiger charge is -2.11. The highest BCUT2D eigenvalue weighted by atomic mass is 32.2. The molecule has 5 nitrogen and oxygen atoms in total. The third-order valence-electron chi connectivity index (χ3n) is 4.22. The Bertz CT molecular complexity index is 975. The average molecular weight is 368 g/mol. The van der Waals surface area contributed by atoms with Gasteiger partial charge in [0.15, 0.2) is 0 Å². The van der Waals surface area contributed by atoms with Crippen LogP contribution in [-0.2, 0) is 4.74 Å². The molecule has 2 aromatic carbocycles. The summed E-state index contributed by atoms with van der Waals surface area (Å²) < 4.78 is 6.51. The Labute approximate surface area is 156 Å². The molecule has 3 aromatic rings. The highest BCUT2D eigenvalue weighted by Gasteiger charge is 2.21. The first-order chi connectivity index (χ1) is 12.5. The van der Waals surface area contributed by atoms with E-state index in [0.717, 1.165) is 16.0 Å². The summed E-state index contributed by atoms with van der Waals surface area (Å²) in [4.78, 5) is 27.6. The number of carbonyl (C=O) groups is 2. The van der Waals surface area contributed by atoms with Crippen molar-refractivity contribution in [1.29, 1.82) is 0 Å². The number of rotatable bonds is 3. The summed E-state index contributed by atoms with van der Waals surface area (Å²) in [5, 5.41) is 0.714. The predicted molar refractivity (Wildman–Crippen MR) is 105 cm³/mol. The zero-order valence-electron chi connectivity index (χ0n) is 15.1. The molecule has 134 valence electrons. The number of methoxy groups -OCH3 is 1. The zero-order chi connectivity index (χ0) is 18.8. The Kier molecular flexibility index (Phi) is 5.04. The number of hydrogen-bond donors (Lipinski definition) is 0. The lowest BCUT2D eigenvalue weighted by Crippen LogP contribution is -2.26. The van der Waals surface area contributed by atoms with Crippen LogP contribution in [0.25, 0.3) is 22.0 Å². The van der Waals surface area contributed by atoms with Crippen LogP contribution in [0.15, 0.2) is 53.6 Å². The first-order valence-corrected chi connectivity index (χ1v) is 9.29. The number of nitrogens with zero attached hydrogens (tertiary/aromatic N) is 2. The minimum absolute atomic E-state index is 0.177. The molecule has 0 radical (unpaired) electrons. The summed E-state index contributed by atoms with van der Waals surface area (Å²) in [5.41, 5.74) is 2.88.